The molecule has 0 aliphatic carbocycles. The van der Waals surface area contributed by atoms with Gasteiger partial charge in [-0.25, -0.2) is 0 Å². The quantitative estimate of drug-likeness (QED) is 0.866. The van der Waals surface area contributed by atoms with Crippen LogP contribution in [-0.2, 0) is 0 Å². The average Bonchev–Trinajstić information content (AvgIpc) is 2.78. The summed E-state index contributed by atoms with van der Waals surface area (Å²) < 4.78 is 0. The SMILES string of the molecule is N#CC1c2c(Cl)ccc(Cl)c2C(=O)N1c1ccc(O)cc1. The van der Waals surface area contributed by atoms with Crippen molar-refractivity contribution in [1.82, 2.24) is 0 Å². The van der Waals surface area contributed by atoms with E-state index in [1.807, 2.05) is 0 Å². The van der Waals surface area contributed by atoms with Gasteiger partial charge in [-0.3, -0.25) is 9.69 Å². The number of nitrogens with zero attached hydrogens (tertiary/aromatic N) is 2. The van der Waals surface area contributed by atoms with Crippen LogP contribution in [0.5, 0.6) is 5.75 Å². The molecular weight excluding hydrogens is 311 g/mol. The second-order valence-electron chi connectivity index (χ2n) is 4.54. The Hall–Kier alpha value is -2.22. The zero-order valence-electron chi connectivity index (χ0n) is 10.5. The van der Waals surface area contributed by atoms with E-state index in [2.05, 4.69) is 6.07 Å². The van der Waals surface area contributed by atoms with Gasteiger partial charge in [0.2, 0.25) is 0 Å². The maximum atomic E-state index is 12.6. The molecule has 104 valence electrons. The molecule has 2 aromatic carbocycles. The molecule has 1 amide bonds. The Morgan fingerprint density at radius 1 is 1.10 bits per heavy atom. The van der Waals surface area contributed by atoms with Crippen LogP contribution in [0.1, 0.15) is 22.0 Å². The summed E-state index contributed by atoms with van der Waals surface area (Å²) in [4.78, 5) is 13.9. The number of fused-ring (bicyclic) bond motifs is 1. The minimum atomic E-state index is -0.844. The maximum absolute atomic E-state index is 12.6. The van der Waals surface area contributed by atoms with Gasteiger partial charge in [0.15, 0.2) is 6.04 Å². The first-order chi connectivity index (χ1) is 10.0. The van der Waals surface area contributed by atoms with E-state index in [0.717, 1.165) is 0 Å². The largest absolute Gasteiger partial charge is 0.508 e. The van der Waals surface area contributed by atoms with Crippen LogP contribution in [0.25, 0.3) is 0 Å². The van der Waals surface area contributed by atoms with Gasteiger partial charge in [0, 0.05) is 16.3 Å². The Morgan fingerprint density at radius 3 is 2.33 bits per heavy atom. The third kappa shape index (κ3) is 2.02. The number of nitriles is 1. The minimum Gasteiger partial charge on any atom is -0.508 e. The molecule has 0 radical (unpaired) electrons. The molecule has 21 heavy (non-hydrogen) atoms. The molecule has 0 bridgehead atoms. The fourth-order valence-electron chi connectivity index (χ4n) is 2.42. The van der Waals surface area contributed by atoms with E-state index in [4.69, 9.17) is 23.2 Å². The molecule has 0 aromatic heterocycles. The molecule has 1 atom stereocenters. The molecule has 4 nitrogen and oxygen atoms in total. The molecule has 6 heteroatoms. The highest BCUT2D eigenvalue weighted by atomic mass is 35.5. The Bertz CT molecular complexity index is 781. The fraction of sp³-hybridized carbons (Fsp3) is 0.0667. The van der Waals surface area contributed by atoms with Crippen molar-refractivity contribution in [2.24, 2.45) is 0 Å². The summed E-state index contributed by atoms with van der Waals surface area (Å²) in [6, 6.07) is 10.4. The summed E-state index contributed by atoms with van der Waals surface area (Å²) in [6.45, 7) is 0. The molecule has 0 saturated heterocycles. The van der Waals surface area contributed by atoms with E-state index in [9.17, 15) is 15.2 Å². The van der Waals surface area contributed by atoms with E-state index < -0.39 is 6.04 Å². The van der Waals surface area contributed by atoms with Crippen LogP contribution < -0.4 is 4.90 Å². The first kappa shape index (κ1) is 13.7. The summed E-state index contributed by atoms with van der Waals surface area (Å²) in [5, 5.41) is 19.4. The average molecular weight is 319 g/mol. The van der Waals surface area contributed by atoms with E-state index in [1.165, 1.54) is 23.1 Å². The van der Waals surface area contributed by atoms with Gasteiger partial charge >= 0.3 is 0 Å². The highest BCUT2D eigenvalue weighted by Gasteiger charge is 2.41. The molecule has 0 saturated carbocycles. The molecular formula is C15H8Cl2N2O2. The standard InChI is InChI=1S/C15H8Cl2N2O2/c16-10-5-6-11(17)14-13(10)12(7-18)19(15(14)21)8-1-3-9(20)4-2-8/h1-6,12,20H. The van der Waals surface area contributed by atoms with Crippen molar-refractivity contribution >= 4 is 34.8 Å². The van der Waals surface area contributed by atoms with Crippen molar-refractivity contribution in [3.8, 4) is 11.8 Å². The lowest BCUT2D eigenvalue weighted by Crippen LogP contribution is -2.26. The van der Waals surface area contributed by atoms with Crippen molar-refractivity contribution in [3.05, 3.63) is 57.6 Å². The number of rotatable bonds is 1. The molecule has 1 unspecified atom stereocenters. The lowest BCUT2D eigenvalue weighted by Gasteiger charge is -2.20. The lowest BCUT2D eigenvalue weighted by molar-refractivity contribution is 0.0994. The van der Waals surface area contributed by atoms with Gasteiger partial charge in [-0.2, -0.15) is 5.26 Å². The number of halogens is 2. The van der Waals surface area contributed by atoms with Gasteiger partial charge in [-0.1, -0.05) is 23.2 Å². The van der Waals surface area contributed by atoms with Gasteiger partial charge in [-0.05, 0) is 36.4 Å². The molecule has 0 spiro atoms. The van der Waals surface area contributed by atoms with E-state index in [1.54, 1.807) is 18.2 Å². The van der Waals surface area contributed by atoms with Crippen LogP contribution in [0.2, 0.25) is 10.0 Å². The van der Waals surface area contributed by atoms with Crippen LogP contribution in [-0.4, -0.2) is 11.0 Å². The summed E-state index contributed by atoms with van der Waals surface area (Å²) in [5.74, 6) is -0.303. The normalized spacial score (nSPS) is 16.7. The topological polar surface area (TPSA) is 64.3 Å². The Kier molecular flexibility index (Phi) is 3.25. The van der Waals surface area contributed by atoms with Gasteiger partial charge < -0.3 is 5.11 Å². The number of benzene rings is 2. The number of carbonyl (C=O) groups excluding carboxylic acids is 1. The summed E-state index contributed by atoms with van der Waals surface area (Å²) >= 11 is 12.2. The van der Waals surface area contributed by atoms with Crippen LogP contribution in [0, 0.1) is 11.3 Å². The number of phenols is 1. The van der Waals surface area contributed by atoms with E-state index >= 15 is 0 Å². The zero-order valence-corrected chi connectivity index (χ0v) is 12.1. The second-order valence-corrected chi connectivity index (χ2v) is 5.36. The van der Waals surface area contributed by atoms with Crippen molar-refractivity contribution in [1.29, 1.82) is 5.26 Å². The number of hydrogen-bond acceptors (Lipinski definition) is 3. The summed E-state index contributed by atoms with van der Waals surface area (Å²) in [7, 11) is 0. The van der Waals surface area contributed by atoms with Gasteiger partial charge in [-0.15, -0.1) is 0 Å². The second kappa shape index (κ2) is 4.96. The monoisotopic (exact) mass is 318 g/mol. The smallest absolute Gasteiger partial charge is 0.261 e. The van der Waals surface area contributed by atoms with Gasteiger partial charge in [0.1, 0.15) is 5.75 Å². The molecule has 1 heterocycles. The number of amides is 1. The molecule has 3 rings (SSSR count). The number of anilines is 1. The first-order valence-electron chi connectivity index (χ1n) is 6.04. The van der Waals surface area contributed by atoms with Crippen LogP contribution >= 0.6 is 23.2 Å². The van der Waals surface area contributed by atoms with Crippen molar-refractivity contribution in [2.45, 2.75) is 6.04 Å². The van der Waals surface area contributed by atoms with Gasteiger partial charge in [0.25, 0.3) is 5.91 Å². The fourth-order valence-corrected chi connectivity index (χ4v) is 2.93. The minimum absolute atomic E-state index is 0.0764. The predicted molar refractivity (Wildman–Crippen MR) is 79.7 cm³/mol. The van der Waals surface area contributed by atoms with Crippen molar-refractivity contribution in [2.75, 3.05) is 4.90 Å². The number of hydrogen-bond donors (Lipinski definition) is 1. The molecule has 1 N–H and O–H groups in total. The zero-order chi connectivity index (χ0) is 15.1. The lowest BCUT2D eigenvalue weighted by atomic mass is 10.1. The van der Waals surface area contributed by atoms with Gasteiger partial charge in [0.05, 0.1) is 16.7 Å². The number of phenolic OH excluding ortho intramolecular Hbond substituents is 1. The molecule has 2 aromatic rings. The Labute approximate surface area is 130 Å². The van der Waals surface area contributed by atoms with Crippen molar-refractivity contribution < 1.29 is 9.90 Å². The molecule has 0 fully saturated rings. The highest BCUT2D eigenvalue weighted by Crippen LogP contribution is 2.43. The Morgan fingerprint density at radius 2 is 1.71 bits per heavy atom. The third-order valence-electron chi connectivity index (χ3n) is 3.36. The van der Waals surface area contributed by atoms with Crippen LogP contribution in [0.3, 0.4) is 0 Å². The highest BCUT2D eigenvalue weighted by molar-refractivity contribution is 6.38. The van der Waals surface area contributed by atoms with Crippen LogP contribution in [0.4, 0.5) is 5.69 Å². The van der Waals surface area contributed by atoms with E-state index in [-0.39, 0.29) is 22.2 Å². The number of aromatic hydroxyl groups is 1. The first-order valence-corrected chi connectivity index (χ1v) is 6.80. The molecule has 1 aliphatic heterocycles. The third-order valence-corrected chi connectivity index (χ3v) is 4.00. The van der Waals surface area contributed by atoms with Crippen LogP contribution in [0.15, 0.2) is 36.4 Å². The maximum Gasteiger partial charge on any atom is 0.261 e. The van der Waals surface area contributed by atoms with Crippen molar-refractivity contribution in [3.63, 3.8) is 0 Å². The Balaban J connectivity index is 2.20. The molecule has 1 aliphatic rings. The van der Waals surface area contributed by atoms with E-state index in [0.29, 0.717) is 16.3 Å². The summed E-state index contributed by atoms with van der Waals surface area (Å²) in [5.41, 5.74) is 1.17. The predicted octanol–water partition coefficient (Wildman–Crippen LogP) is 3.92. The summed E-state index contributed by atoms with van der Waals surface area (Å²) in [6.07, 6.45) is 0. The number of carbonyl (C=O) groups is 1.